The van der Waals surface area contributed by atoms with Crippen molar-refractivity contribution in [1.82, 2.24) is 9.97 Å². The summed E-state index contributed by atoms with van der Waals surface area (Å²) in [5.41, 5.74) is 0.482. The highest BCUT2D eigenvalue weighted by molar-refractivity contribution is 7.14. The van der Waals surface area contributed by atoms with Crippen LogP contribution < -0.4 is 15.6 Å². The van der Waals surface area contributed by atoms with Crippen LogP contribution in [0, 0.1) is 0 Å². The maximum atomic E-state index is 12.6. The number of aromatic nitrogens is 2. The molecule has 2 heterocycles. The fraction of sp³-hybridized carbons (Fsp3) is 0.0500. The van der Waals surface area contributed by atoms with Crippen LogP contribution in [0.3, 0.4) is 0 Å². The van der Waals surface area contributed by atoms with Crippen molar-refractivity contribution < 1.29 is 18.3 Å². The quantitative estimate of drug-likeness (QED) is 0.504. The van der Waals surface area contributed by atoms with Crippen molar-refractivity contribution in [1.29, 1.82) is 0 Å². The van der Waals surface area contributed by atoms with Crippen molar-refractivity contribution in [3.05, 3.63) is 76.0 Å². The fourth-order valence-corrected chi connectivity index (χ4v) is 3.54. The third-order valence-corrected chi connectivity index (χ3v) is 4.86. The van der Waals surface area contributed by atoms with Crippen LogP contribution in [-0.4, -0.2) is 22.5 Å². The number of anilines is 1. The molecule has 2 aromatic carbocycles. The maximum absolute atomic E-state index is 12.6. The molecule has 2 aromatic heterocycles. The van der Waals surface area contributed by atoms with Gasteiger partial charge in [-0.05, 0) is 29.7 Å². The summed E-state index contributed by atoms with van der Waals surface area (Å²) in [6, 6.07) is 14.8. The van der Waals surface area contributed by atoms with Gasteiger partial charge < -0.3 is 9.72 Å². The molecule has 0 radical (unpaired) electrons. The zero-order chi connectivity index (χ0) is 20.4. The molecule has 146 valence electrons. The number of thiazole rings is 1. The number of halogens is 2. The molecule has 0 aliphatic carbocycles. The van der Waals surface area contributed by atoms with Gasteiger partial charge in [0.25, 0.3) is 11.5 Å². The van der Waals surface area contributed by atoms with Gasteiger partial charge in [0.1, 0.15) is 11.4 Å². The van der Waals surface area contributed by atoms with Crippen molar-refractivity contribution in [2.45, 2.75) is 6.61 Å². The third-order valence-electron chi connectivity index (χ3n) is 4.10. The predicted octanol–water partition coefficient (Wildman–Crippen LogP) is 4.51. The second-order valence-electron chi connectivity index (χ2n) is 5.97. The number of aromatic amines is 1. The molecular weight excluding hydrogens is 400 g/mol. The van der Waals surface area contributed by atoms with E-state index in [4.69, 9.17) is 0 Å². The number of alkyl halides is 2. The number of ether oxygens (including phenoxy) is 1. The Kier molecular flexibility index (Phi) is 5.05. The van der Waals surface area contributed by atoms with Gasteiger partial charge in [-0.25, -0.2) is 4.98 Å². The Morgan fingerprint density at radius 3 is 2.72 bits per heavy atom. The Morgan fingerprint density at radius 2 is 1.90 bits per heavy atom. The Morgan fingerprint density at radius 1 is 1.14 bits per heavy atom. The molecule has 9 heteroatoms. The summed E-state index contributed by atoms with van der Waals surface area (Å²) in [5.74, 6) is -0.546. The van der Waals surface area contributed by atoms with Gasteiger partial charge in [0.2, 0.25) is 0 Å². The molecule has 6 nitrogen and oxygen atoms in total. The molecule has 0 saturated heterocycles. The first-order valence-corrected chi connectivity index (χ1v) is 9.32. The molecule has 0 bridgehead atoms. The van der Waals surface area contributed by atoms with E-state index in [-0.39, 0.29) is 22.1 Å². The van der Waals surface area contributed by atoms with E-state index in [1.54, 1.807) is 53.9 Å². The van der Waals surface area contributed by atoms with Gasteiger partial charge in [0.15, 0.2) is 5.13 Å². The highest BCUT2D eigenvalue weighted by Gasteiger charge is 2.15. The number of carbonyl (C=O) groups excluding carboxylic acids is 1. The largest absolute Gasteiger partial charge is 0.434 e. The van der Waals surface area contributed by atoms with Crippen LogP contribution in [0.5, 0.6) is 5.75 Å². The van der Waals surface area contributed by atoms with E-state index in [2.05, 4.69) is 20.0 Å². The number of carbonyl (C=O) groups is 1. The summed E-state index contributed by atoms with van der Waals surface area (Å²) in [5, 5.41) is 5.60. The van der Waals surface area contributed by atoms with Crippen LogP contribution in [0.15, 0.2) is 64.8 Å². The number of amides is 1. The van der Waals surface area contributed by atoms with Crippen molar-refractivity contribution in [2.75, 3.05) is 5.32 Å². The normalized spacial score (nSPS) is 11.0. The van der Waals surface area contributed by atoms with E-state index < -0.39 is 12.5 Å². The summed E-state index contributed by atoms with van der Waals surface area (Å²) in [7, 11) is 0. The van der Waals surface area contributed by atoms with Gasteiger partial charge in [0.05, 0.1) is 5.69 Å². The molecule has 0 aliphatic rings. The lowest BCUT2D eigenvalue weighted by Gasteiger charge is -2.08. The maximum Gasteiger partial charge on any atom is 0.387 e. The van der Waals surface area contributed by atoms with Gasteiger partial charge in [-0.15, -0.1) is 11.3 Å². The van der Waals surface area contributed by atoms with Gasteiger partial charge in [0, 0.05) is 16.3 Å². The fourth-order valence-electron chi connectivity index (χ4n) is 2.83. The number of para-hydroxylation sites is 1. The van der Waals surface area contributed by atoms with Gasteiger partial charge in [-0.1, -0.05) is 30.3 Å². The minimum Gasteiger partial charge on any atom is -0.434 e. The molecular formula is C20H13F2N3O3S. The second-order valence-corrected chi connectivity index (χ2v) is 6.82. The molecule has 1 amide bonds. The van der Waals surface area contributed by atoms with Crippen LogP contribution in [0.4, 0.5) is 13.9 Å². The van der Waals surface area contributed by atoms with Crippen LogP contribution in [0.1, 0.15) is 10.5 Å². The lowest BCUT2D eigenvalue weighted by molar-refractivity contribution is -0.0494. The summed E-state index contributed by atoms with van der Waals surface area (Å²) >= 11 is 1.12. The minimum atomic E-state index is -2.96. The second kappa shape index (κ2) is 7.80. The first-order valence-electron chi connectivity index (χ1n) is 8.44. The minimum absolute atomic E-state index is 0.00969. The Hall–Kier alpha value is -3.59. The summed E-state index contributed by atoms with van der Waals surface area (Å²) in [6.45, 7) is -2.96. The first-order chi connectivity index (χ1) is 14.0. The lowest BCUT2D eigenvalue weighted by atomic mass is 10.1. The number of nitrogens with zero attached hydrogens (tertiary/aromatic N) is 1. The number of H-pyrrole nitrogens is 1. The standard InChI is InChI=1S/C20H13F2N3O3S/c21-19(22)28-16-8-4-3-7-13(16)15-10-29-20(24-15)25-18(27)14-9-11-5-1-2-6-12(11)17(26)23-14/h1-10,19H,(H,23,26)(H,24,25,27). The van der Waals surface area contributed by atoms with Crippen molar-refractivity contribution >= 4 is 33.1 Å². The Labute approximate surface area is 166 Å². The van der Waals surface area contributed by atoms with Gasteiger partial charge >= 0.3 is 6.61 Å². The number of nitrogens with one attached hydrogen (secondary N) is 2. The lowest BCUT2D eigenvalue weighted by Crippen LogP contribution is -2.18. The average Bonchev–Trinajstić information content (AvgIpc) is 3.16. The number of hydrogen-bond donors (Lipinski definition) is 2. The molecule has 0 unspecified atom stereocenters. The third kappa shape index (κ3) is 3.99. The molecule has 4 aromatic rings. The number of benzene rings is 2. The summed E-state index contributed by atoms with van der Waals surface area (Å²) in [4.78, 5) is 31.5. The molecule has 0 saturated carbocycles. The highest BCUT2D eigenvalue weighted by atomic mass is 32.1. The number of fused-ring (bicyclic) bond motifs is 1. The Bertz CT molecular complexity index is 1250. The predicted molar refractivity (Wildman–Crippen MR) is 107 cm³/mol. The van der Waals surface area contributed by atoms with E-state index in [0.29, 0.717) is 22.0 Å². The first kappa shape index (κ1) is 18.8. The van der Waals surface area contributed by atoms with E-state index >= 15 is 0 Å². The van der Waals surface area contributed by atoms with Gasteiger partial charge in [-0.2, -0.15) is 8.78 Å². The highest BCUT2D eigenvalue weighted by Crippen LogP contribution is 2.33. The zero-order valence-corrected chi connectivity index (χ0v) is 15.5. The van der Waals surface area contributed by atoms with E-state index in [1.165, 1.54) is 6.07 Å². The monoisotopic (exact) mass is 413 g/mol. The molecule has 0 fully saturated rings. The zero-order valence-electron chi connectivity index (χ0n) is 14.7. The van der Waals surface area contributed by atoms with Crippen molar-refractivity contribution in [2.24, 2.45) is 0 Å². The Balaban J connectivity index is 1.59. The molecule has 0 aliphatic heterocycles. The van der Waals surface area contributed by atoms with Gasteiger partial charge in [-0.3, -0.25) is 14.9 Å². The molecule has 0 atom stereocenters. The number of pyridine rings is 1. The van der Waals surface area contributed by atoms with E-state index in [9.17, 15) is 18.4 Å². The molecule has 4 rings (SSSR count). The number of rotatable bonds is 5. The number of hydrogen-bond acceptors (Lipinski definition) is 5. The van der Waals surface area contributed by atoms with Crippen molar-refractivity contribution in [3.8, 4) is 17.0 Å². The summed E-state index contributed by atoms with van der Waals surface area (Å²) in [6.07, 6.45) is 0. The molecule has 2 N–H and O–H groups in total. The smallest absolute Gasteiger partial charge is 0.387 e. The average molecular weight is 413 g/mol. The van der Waals surface area contributed by atoms with Crippen LogP contribution in [-0.2, 0) is 0 Å². The van der Waals surface area contributed by atoms with Crippen LogP contribution in [0.2, 0.25) is 0 Å². The van der Waals surface area contributed by atoms with Crippen molar-refractivity contribution in [3.63, 3.8) is 0 Å². The SMILES string of the molecule is O=C(Nc1nc(-c2ccccc2OC(F)F)cs1)c1cc2ccccc2c(=O)[nH]1. The topological polar surface area (TPSA) is 84.1 Å². The van der Waals surface area contributed by atoms with Crippen LogP contribution >= 0.6 is 11.3 Å². The summed E-state index contributed by atoms with van der Waals surface area (Å²) < 4.78 is 29.7. The van der Waals surface area contributed by atoms with Crippen LogP contribution in [0.25, 0.3) is 22.0 Å². The van der Waals surface area contributed by atoms with E-state index in [0.717, 1.165) is 11.3 Å². The molecule has 29 heavy (non-hydrogen) atoms. The van der Waals surface area contributed by atoms with E-state index in [1.807, 2.05) is 0 Å². The molecule has 0 spiro atoms.